The first-order chi connectivity index (χ1) is 13.8. The van der Waals surface area contributed by atoms with Crippen LogP contribution in [0.4, 0.5) is 15.8 Å². The van der Waals surface area contributed by atoms with Crippen LogP contribution < -0.4 is 14.9 Å². The van der Waals surface area contributed by atoms with Crippen LogP contribution in [0.15, 0.2) is 48.5 Å². The van der Waals surface area contributed by atoms with Crippen molar-refractivity contribution >= 4 is 33.2 Å². The third-order valence-electron chi connectivity index (χ3n) is 4.10. The van der Waals surface area contributed by atoms with Gasteiger partial charge < -0.3 is 10.6 Å². The largest absolute Gasteiger partial charge is 0.347 e. The molecule has 0 heterocycles. The van der Waals surface area contributed by atoms with Gasteiger partial charge in [-0.05, 0) is 52.0 Å². The Balaban J connectivity index is 2.35. The summed E-state index contributed by atoms with van der Waals surface area (Å²) in [5, 5.41) is 5.40. The maximum Gasteiger partial charge on any atom is 0.253 e. The molecule has 2 aromatic carbocycles. The maximum absolute atomic E-state index is 14.3. The van der Waals surface area contributed by atoms with Crippen LogP contribution in [0.25, 0.3) is 0 Å². The van der Waals surface area contributed by atoms with Crippen LogP contribution in [-0.2, 0) is 14.8 Å². The molecule has 0 fully saturated rings. The minimum Gasteiger partial charge on any atom is -0.347 e. The minimum absolute atomic E-state index is 0.220. The van der Waals surface area contributed by atoms with Gasteiger partial charge >= 0.3 is 0 Å². The van der Waals surface area contributed by atoms with E-state index >= 15 is 0 Å². The van der Waals surface area contributed by atoms with Gasteiger partial charge in [0.1, 0.15) is 11.9 Å². The van der Waals surface area contributed by atoms with Crippen molar-refractivity contribution in [1.82, 2.24) is 5.32 Å². The average molecular weight is 436 g/mol. The fraction of sp³-hybridized carbons (Fsp3) is 0.333. The number of anilines is 2. The second-order valence-corrected chi connectivity index (χ2v) is 9.78. The predicted octanol–water partition coefficient (Wildman–Crippen LogP) is 3.15. The van der Waals surface area contributed by atoms with Gasteiger partial charge in [0.25, 0.3) is 5.91 Å². The zero-order valence-electron chi connectivity index (χ0n) is 17.6. The summed E-state index contributed by atoms with van der Waals surface area (Å²) in [6, 6.07) is 10.4. The van der Waals surface area contributed by atoms with Gasteiger partial charge in [-0.15, -0.1) is 0 Å². The lowest BCUT2D eigenvalue weighted by Crippen LogP contribution is -2.46. The van der Waals surface area contributed by atoms with Crippen LogP contribution in [0.5, 0.6) is 0 Å². The summed E-state index contributed by atoms with van der Waals surface area (Å²) in [5.41, 5.74) is -0.274. The lowest BCUT2D eigenvalue weighted by atomic mass is 10.1. The second kappa shape index (κ2) is 8.83. The molecule has 1 unspecified atom stereocenters. The highest BCUT2D eigenvalue weighted by Crippen LogP contribution is 2.25. The summed E-state index contributed by atoms with van der Waals surface area (Å²) in [5.74, 6) is -1.87. The molecule has 7 nitrogen and oxygen atoms in total. The molecule has 0 aliphatic rings. The van der Waals surface area contributed by atoms with Crippen molar-refractivity contribution in [2.24, 2.45) is 0 Å². The number of benzene rings is 2. The third-order valence-corrected chi connectivity index (χ3v) is 5.32. The first-order valence-corrected chi connectivity index (χ1v) is 11.1. The third kappa shape index (κ3) is 5.79. The number of rotatable bonds is 6. The van der Waals surface area contributed by atoms with E-state index in [2.05, 4.69) is 10.6 Å². The first-order valence-electron chi connectivity index (χ1n) is 9.27. The van der Waals surface area contributed by atoms with Crippen molar-refractivity contribution in [1.29, 1.82) is 0 Å². The summed E-state index contributed by atoms with van der Waals surface area (Å²) in [4.78, 5) is 25.4. The van der Waals surface area contributed by atoms with Crippen LogP contribution in [0.3, 0.4) is 0 Å². The van der Waals surface area contributed by atoms with Gasteiger partial charge in [-0.25, -0.2) is 12.8 Å². The summed E-state index contributed by atoms with van der Waals surface area (Å²) < 4.78 is 39.6. The fourth-order valence-electron chi connectivity index (χ4n) is 2.85. The number of carbonyl (C=O) groups excluding carboxylic acids is 2. The maximum atomic E-state index is 14.3. The van der Waals surface area contributed by atoms with Gasteiger partial charge in [-0.1, -0.05) is 24.3 Å². The smallest absolute Gasteiger partial charge is 0.253 e. The number of carbonyl (C=O) groups is 2. The van der Waals surface area contributed by atoms with Crippen molar-refractivity contribution in [3.63, 3.8) is 0 Å². The topological polar surface area (TPSA) is 95.6 Å². The Morgan fingerprint density at radius 3 is 2.17 bits per heavy atom. The van der Waals surface area contributed by atoms with Crippen molar-refractivity contribution in [2.75, 3.05) is 15.9 Å². The molecule has 0 saturated carbocycles. The summed E-state index contributed by atoms with van der Waals surface area (Å²) in [6.07, 6.45) is 0.897. The van der Waals surface area contributed by atoms with E-state index in [1.807, 2.05) is 20.8 Å². The predicted molar refractivity (Wildman–Crippen MR) is 115 cm³/mol. The van der Waals surface area contributed by atoms with E-state index in [0.717, 1.165) is 16.6 Å². The second-order valence-electron chi connectivity index (χ2n) is 7.93. The highest BCUT2D eigenvalue weighted by molar-refractivity contribution is 7.92. The number of halogens is 1. The number of sulfonamides is 1. The molecule has 2 amide bonds. The zero-order chi connectivity index (χ0) is 22.7. The Bertz CT molecular complexity index is 1050. The van der Waals surface area contributed by atoms with E-state index in [9.17, 15) is 22.4 Å². The molecule has 0 bridgehead atoms. The van der Waals surface area contributed by atoms with Crippen molar-refractivity contribution in [3.05, 3.63) is 59.9 Å². The number of hydrogen-bond acceptors (Lipinski definition) is 4. The van der Waals surface area contributed by atoms with Crippen LogP contribution >= 0.6 is 0 Å². The van der Waals surface area contributed by atoms with Crippen molar-refractivity contribution in [2.45, 2.75) is 39.3 Å². The summed E-state index contributed by atoms with van der Waals surface area (Å²) >= 11 is 0. The molecule has 9 heteroatoms. The molecule has 0 aliphatic carbocycles. The van der Waals surface area contributed by atoms with E-state index in [1.54, 1.807) is 18.2 Å². The average Bonchev–Trinajstić information content (AvgIpc) is 2.61. The van der Waals surface area contributed by atoms with Gasteiger partial charge in [-0.3, -0.25) is 13.9 Å². The zero-order valence-corrected chi connectivity index (χ0v) is 18.4. The Kier molecular flexibility index (Phi) is 6.87. The van der Waals surface area contributed by atoms with Crippen LogP contribution in [0.1, 0.15) is 38.1 Å². The van der Waals surface area contributed by atoms with Gasteiger partial charge in [0.05, 0.1) is 23.2 Å². The quantitative estimate of drug-likeness (QED) is 0.729. The number of amides is 2. The van der Waals surface area contributed by atoms with Gasteiger partial charge in [0.15, 0.2) is 0 Å². The number of hydrogen-bond donors (Lipinski definition) is 2. The van der Waals surface area contributed by atoms with Crippen LogP contribution in [0.2, 0.25) is 0 Å². The molecular weight excluding hydrogens is 409 g/mol. The molecular formula is C21H26FN3O4S. The van der Waals surface area contributed by atoms with Gasteiger partial charge in [0.2, 0.25) is 15.9 Å². The van der Waals surface area contributed by atoms with Crippen molar-refractivity contribution in [3.8, 4) is 0 Å². The molecule has 2 aromatic rings. The Labute approximate surface area is 176 Å². The molecule has 2 rings (SSSR count). The fourth-order valence-corrected chi connectivity index (χ4v) is 4.02. The molecule has 0 aliphatic heterocycles. The molecule has 30 heavy (non-hydrogen) atoms. The van der Waals surface area contributed by atoms with E-state index in [0.29, 0.717) is 0 Å². The summed E-state index contributed by atoms with van der Waals surface area (Å²) in [7, 11) is -3.97. The van der Waals surface area contributed by atoms with E-state index in [4.69, 9.17) is 0 Å². The minimum atomic E-state index is -3.97. The lowest BCUT2D eigenvalue weighted by molar-refractivity contribution is -0.116. The van der Waals surface area contributed by atoms with Crippen molar-refractivity contribution < 1.29 is 22.4 Å². The number of nitrogens with zero attached hydrogens (tertiary/aromatic N) is 1. The first kappa shape index (κ1) is 23.3. The molecule has 1 atom stereocenters. The van der Waals surface area contributed by atoms with Gasteiger partial charge in [0, 0.05) is 5.54 Å². The SMILES string of the molecule is CC(C(=O)Nc1ccccc1C(=O)NC(C)(C)C)N(c1ccccc1F)S(C)(=O)=O. The normalized spacial score (nSPS) is 12.7. The van der Waals surface area contributed by atoms with Crippen LogP contribution in [0, 0.1) is 5.82 Å². The van der Waals surface area contributed by atoms with E-state index < -0.39 is 33.3 Å². The molecule has 0 radical (unpaired) electrons. The highest BCUT2D eigenvalue weighted by atomic mass is 32.2. The number of nitrogens with one attached hydrogen (secondary N) is 2. The van der Waals surface area contributed by atoms with Gasteiger partial charge in [-0.2, -0.15) is 0 Å². The molecule has 2 N–H and O–H groups in total. The Hall–Kier alpha value is -2.94. The molecule has 0 aromatic heterocycles. The van der Waals surface area contributed by atoms with E-state index in [1.165, 1.54) is 31.2 Å². The Morgan fingerprint density at radius 2 is 1.60 bits per heavy atom. The molecule has 0 spiro atoms. The number of para-hydroxylation sites is 2. The monoisotopic (exact) mass is 435 g/mol. The Morgan fingerprint density at radius 1 is 1.03 bits per heavy atom. The van der Waals surface area contributed by atoms with E-state index in [-0.39, 0.29) is 22.8 Å². The molecule has 162 valence electrons. The molecule has 0 saturated heterocycles. The summed E-state index contributed by atoms with van der Waals surface area (Å²) in [6.45, 7) is 6.83. The lowest BCUT2D eigenvalue weighted by Gasteiger charge is -2.28. The highest BCUT2D eigenvalue weighted by Gasteiger charge is 2.31. The van der Waals surface area contributed by atoms with Crippen LogP contribution in [-0.4, -0.2) is 38.1 Å². The standard InChI is InChI=1S/C21H26FN3O4S/c1-14(25(30(5,28)29)18-13-9-7-11-16(18)22)19(26)23-17-12-8-6-10-15(17)20(27)24-21(2,3)4/h6-14H,1-5H3,(H,23,26)(H,24,27).